The molecule has 0 amide bonds. The number of hydrogen-bond acceptors (Lipinski definition) is 6. The molecule has 9 heteroatoms. The monoisotopic (exact) mass is 432 g/mol. The third-order valence-electron chi connectivity index (χ3n) is 5.88. The molecule has 1 saturated heterocycles. The summed E-state index contributed by atoms with van der Waals surface area (Å²) in [6, 6.07) is 9.49. The topological polar surface area (TPSA) is 106 Å². The number of benzene rings is 1. The smallest absolute Gasteiger partial charge is 0.457 e. The van der Waals surface area contributed by atoms with Crippen LogP contribution in [0.3, 0.4) is 0 Å². The summed E-state index contributed by atoms with van der Waals surface area (Å²) >= 11 is 0. The SMILES string of the molecule is O=C(O)OC1C2CCCCC2CCN1S(=O)(=O)c1ccc(Oc2ccncc2)cc1. The van der Waals surface area contributed by atoms with E-state index >= 15 is 0 Å². The van der Waals surface area contributed by atoms with Crippen LogP contribution in [0.5, 0.6) is 11.5 Å². The van der Waals surface area contributed by atoms with Gasteiger partial charge in [-0.05, 0) is 61.6 Å². The second-order valence-corrected chi connectivity index (χ2v) is 9.53. The molecule has 1 aliphatic carbocycles. The molecule has 1 aromatic carbocycles. The Balaban J connectivity index is 1.57. The van der Waals surface area contributed by atoms with Crippen LogP contribution in [0, 0.1) is 11.8 Å². The second kappa shape index (κ2) is 8.61. The average Bonchev–Trinajstić information content (AvgIpc) is 2.74. The van der Waals surface area contributed by atoms with Crippen LogP contribution in [0.2, 0.25) is 0 Å². The highest BCUT2D eigenvalue weighted by molar-refractivity contribution is 7.89. The van der Waals surface area contributed by atoms with E-state index in [2.05, 4.69) is 4.98 Å². The lowest BCUT2D eigenvalue weighted by Gasteiger charge is -2.45. The Morgan fingerprint density at radius 1 is 1.00 bits per heavy atom. The van der Waals surface area contributed by atoms with Crippen LogP contribution in [0.15, 0.2) is 53.7 Å². The minimum atomic E-state index is -3.92. The Labute approximate surface area is 175 Å². The fourth-order valence-corrected chi connectivity index (χ4v) is 6.04. The van der Waals surface area contributed by atoms with Crippen LogP contribution < -0.4 is 4.74 Å². The van der Waals surface area contributed by atoms with Gasteiger partial charge in [0.15, 0.2) is 6.23 Å². The number of aromatic nitrogens is 1. The van der Waals surface area contributed by atoms with Gasteiger partial charge in [-0.2, -0.15) is 4.31 Å². The van der Waals surface area contributed by atoms with Gasteiger partial charge in [0.1, 0.15) is 11.5 Å². The lowest BCUT2D eigenvalue weighted by molar-refractivity contribution is -0.0819. The lowest BCUT2D eigenvalue weighted by atomic mass is 9.74. The number of rotatable bonds is 5. The van der Waals surface area contributed by atoms with Gasteiger partial charge >= 0.3 is 6.16 Å². The summed E-state index contributed by atoms with van der Waals surface area (Å²) < 4.78 is 38.7. The summed E-state index contributed by atoms with van der Waals surface area (Å²) in [5.74, 6) is 1.28. The van der Waals surface area contributed by atoms with Crippen molar-refractivity contribution in [1.82, 2.24) is 9.29 Å². The maximum Gasteiger partial charge on any atom is 0.507 e. The molecule has 2 aromatic rings. The minimum absolute atomic E-state index is 0.0813. The zero-order valence-corrected chi connectivity index (χ0v) is 17.2. The van der Waals surface area contributed by atoms with Crippen LogP contribution in [0.1, 0.15) is 32.1 Å². The zero-order valence-electron chi connectivity index (χ0n) is 16.4. The molecule has 0 spiro atoms. The van der Waals surface area contributed by atoms with Crippen LogP contribution in [-0.4, -0.2) is 41.7 Å². The van der Waals surface area contributed by atoms with E-state index in [4.69, 9.17) is 9.47 Å². The first kappa shape index (κ1) is 20.6. The molecule has 1 N–H and O–H groups in total. The zero-order chi connectivity index (χ0) is 21.1. The number of carboxylic acid groups (broad SMARTS) is 1. The molecule has 2 heterocycles. The predicted octanol–water partition coefficient (Wildman–Crippen LogP) is 4.10. The number of fused-ring (bicyclic) bond motifs is 1. The highest BCUT2D eigenvalue weighted by Crippen LogP contribution is 2.42. The first-order valence-corrected chi connectivity index (χ1v) is 11.5. The molecule has 0 radical (unpaired) electrons. The summed E-state index contributed by atoms with van der Waals surface area (Å²) in [5.41, 5.74) is 0. The molecule has 3 atom stereocenters. The van der Waals surface area contributed by atoms with Crippen LogP contribution in [-0.2, 0) is 14.8 Å². The van der Waals surface area contributed by atoms with Crippen LogP contribution >= 0.6 is 0 Å². The van der Waals surface area contributed by atoms with E-state index in [1.165, 1.54) is 16.4 Å². The maximum atomic E-state index is 13.3. The normalized spacial score (nSPS) is 24.6. The Bertz CT molecular complexity index is 980. The van der Waals surface area contributed by atoms with Gasteiger partial charge in [-0.15, -0.1) is 0 Å². The van der Waals surface area contributed by atoms with Crippen molar-refractivity contribution in [2.75, 3.05) is 6.54 Å². The van der Waals surface area contributed by atoms with E-state index in [0.29, 0.717) is 23.8 Å². The van der Waals surface area contributed by atoms with Gasteiger partial charge in [0.2, 0.25) is 10.0 Å². The summed E-state index contributed by atoms with van der Waals surface area (Å²) in [6.45, 7) is 0.247. The third-order valence-corrected chi connectivity index (χ3v) is 7.75. The first-order chi connectivity index (χ1) is 14.4. The Morgan fingerprint density at radius 2 is 1.67 bits per heavy atom. The van der Waals surface area contributed by atoms with Crippen molar-refractivity contribution in [3.63, 3.8) is 0 Å². The van der Waals surface area contributed by atoms with Crippen LogP contribution in [0.4, 0.5) is 4.79 Å². The molecule has 1 saturated carbocycles. The molecule has 160 valence electrons. The standard InChI is InChI=1S/C21H24N2O6S/c24-21(25)29-20-19-4-2-1-3-15(19)11-14-23(20)30(26,27)18-7-5-16(6-8-18)28-17-9-12-22-13-10-17/h5-10,12-13,15,19-20H,1-4,11,14H2,(H,24,25). The quantitative estimate of drug-likeness (QED) is 0.709. The van der Waals surface area contributed by atoms with E-state index in [-0.39, 0.29) is 17.4 Å². The fourth-order valence-electron chi connectivity index (χ4n) is 4.47. The maximum absolute atomic E-state index is 13.3. The number of ether oxygens (including phenoxy) is 2. The van der Waals surface area contributed by atoms with Gasteiger partial charge in [0.05, 0.1) is 4.90 Å². The Hall–Kier alpha value is -2.65. The van der Waals surface area contributed by atoms with Gasteiger partial charge in [-0.1, -0.05) is 12.8 Å². The minimum Gasteiger partial charge on any atom is -0.457 e. The molecular weight excluding hydrogens is 408 g/mol. The number of sulfonamides is 1. The number of piperidine rings is 1. The Morgan fingerprint density at radius 3 is 2.37 bits per heavy atom. The van der Waals surface area contributed by atoms with Crippen molar-refractivity contribution in [2.45, 2.75) is 43.2 Å². The second-order valence-electron chi connectivity index (χ2n) is 7.64. The summed E-state index contributed by atoms with van der Waals surface area (Å²) in [5, 5.41) is 9.22. The predicted molar refractivity (Wildman–Crippen MR) is 108 cm³/mol. The van der Waals surface area contributed by atoms with Crippen molar-refractivity contribution in [1.29, 1.82) is 0 Å². The molecule has 4 rings (SSSR count). The van der Waals surface area contributed by atoms with Gasteiger partial charge in [-0.25, -0.2) is 13.2 Å². The van der Waals surface area contributed by atoms with Crippen molar-refractivity contribution >= 4 is 16.2 Å². The molecule has 30 heavy (non-hydrogen) atoms. The van der Waals surface area contributed by atoms with Crippen molar-refractivity contribution in [3.05, 3.63) is 48.8 Å². The number of nitrogens with zero attached hydrogens (tertiary/aromatic N) is 2. The molecular formula is C21H24N2O6S. The van der Waals surface area contributed by atoms with E-state index in [1.54, 1.807) is 36.7 Å². The number of pyridine rings is 1. The van der Waals surface area contributed by atoms with E-state index in [9.17, 15) is 18.3 Å². The van der Waals surface area contributed by atoms with Gasteiger partial charge in [-0.3, -0.25) is 4.98 Å². The highest BCUT2D eigenvalue weighted by atomic mass is 32.2. The summed E-state index contributed by atoms with van der Waals surface area (Å²) in [7, 11) is -3.92. The lowest BCUT2D eigenvalue weighted by Crippen LogP contribution is -2.54. The van der Waals surface area contributed by atoms with E-state index in [1.807, 2.05) is 0 Å². The van der Waals surface area contributed by atoms with Crippen molar-refractivity contribution in [2.24, 2.45) is 11.8 Å². The first-order valence-electron chi connectivity index (χ1n) is 10.0. The highest BCUT2D eigenvalue weighted by Gasteiger charge is 2.46. The molecule has 0 bridgehead atoms. The largest absolute Gasteiger partial charge is 0.507 e. The van der Waals surface area contributed by atoms with Gasteiger partial charge in [0, 0.05) is 24.9 Å². The molecule has 1 aliphatic heterocycles. The average molecular weight is 432 g/mol. The van der Waals surface area contributed by atoms with E-state index < -0.39 is 22.4 Å². The number of hydrogen-bond donors (Lipinski definition) is 1. The summed E-state index contributed by atoms with van der Waals surface area (Å²) in [6.07, 6.45) is 5.28. The van der Waals surface area contributed by atoms with Crippen LogP contribution in [0.25, 0.3) is 0 Å². The summed E-state index contributed by atoms with van der Waals surface area (Å²) in [4.78, 5) is 15.3. The van der Waals surface area contributed by atoms with Gasteiger partial charge in [0.25, 0.3) is 0 Å². The van der Waals surface area contributed by atoms with Crippen molar-refractivity contribution < 1.29 is 27.8 Å². The molecule has 2 aliphatic rings. The van der Waals surface area contributed by atoms with Gasteiger partial charge < -0.3 is 14.6 Å². The Kier molecular flexibility index (Phi) is 5.92. The van der Waals surface area contributed by atoms with Crippen molar-refractivity contribution in [3.8, 4) is 11.5 Å². The number of carbonyl (C=O) groups is 1. The third kappa shape index (κ3) is 4.27. The van der Waals surface area contributed by atoms with E-state index in [0.717, 1.165) is 25.7 Å². The molecule has 2 fully saturated rings. The molecule has 3 unspecified atom stereocenters. The molecule has 1 aromatic heterocycles. The fraction of sp³-hybridized carbons (Fsp3) is 0.429. The molecule has 8 nitrogen and oxygen atoms in total.